The molecule has 0 aromatic heterocycles. The van der Waals surface area contributed by atoms with E-state index in [9.17, 15) is 0 Å². The molecule has 2 rings (SSSR count). The van der Waals surface area contributed by atoms with Gasteiger partial charge in [0.1, 0.15) is 6.07 Å². The molecule has 1 saturated heterocycles. The third-order valence-electron chi connectivity index (χ3n) is 2.85. The van der Waals surface area contributed by atoms with Crippen LogP contribution in [0.4, 0.5) is 5.69 Å². The van der Waals surface area contributed by atoms with Crippen molar-refractivity contribution in [1.29, 1.82) is 5.26 Å². The summed E-state index contributed by atoms with van der Waals surface area (Å²) in [7, 11) is 1.71. The minimum Gasteiger partial charge on any atom is -0.378 e. The smallest absolute Gasteiger partial charge is 0.101 e. The fourth-order valence-corrected chi connectivity index (χ4v) is 1.95. The molecule has 2 atom stereocenters. The lowest BCUT2D eigenvalue weighted by Gasteiger charge is -2.20. The van der Waals surface area contributed by atoms with Crippen molar-refractivity contribution in [3.63, 3.8) is 0 Å². The van der Waals surface area contributed by atoms with E-state index >= 15 is 0 Å². The molecule has 0 bridgehead atoms. The Bertz CT molecular complexity index is 399. The van der Waals surface area contributed by atoms with Crippen LogP contribution in [0.2, 0.25) is 0 Å². The topological polar surface area (TPSA) is 57.1 Å². The Morgan fingerprint density at radius 3 is 3.00 bits per heavy atom. The van der Waals surface area contributed by atoms with Crippen molar-refractivity contribution < 1.29 is 4.74 Å². The SMILES string of the molecule is COC1CNCC1Nc1ccccc1C#N. The zero-order valence-electron chi connectivity index (χ0n) is 9.23. The van der Waals surface area contributed by atoms with Crippen molar-refractivity contribution in [3.8, 4) is 6.07 Å². The largest absolute Gasteiger partial charge is 0.378 e. The second kappa shape index (κ2) is 4.97. The Morgan fingerprint density at radius 2 is 2.25 bits per heavy atom. The van der Waals surface area contributed by atoms with E-state index in [2.05, 4.69) is 16.7 Å². The third kappa shape index (κ3) is 2.16. The van der Waals surface area contributed by atoms with Crippen molar-refractivity contribution in [2.24, 2.45) is 0 Å². The highest BCUT2D eigenvalue weighted by molar-refractivity contribution is 5.57. The number of anilines is 1. The van der Waals surface area contributed by atoms with Gasteiger partial charge in [-0.3, -0.25) is 0 Å². The Hall–Kier alpha value is -1.57. The zero-order valence-corrected chi connectivity index (χ0v) is 9.23. The molecule has 0 radical (unpaired) electrons. The molecule has 0 amide bonds. The lowest BCUT2D eigenvalue weighted by atomic mass is 10.1. The van der Waals surface area contributed by atoms with E-state index in [1.165, 1.54) is 0 Å². The number of rotatable bonds is 3. The zero-order chi connectivity index (χ0) is 11.4. The molecule has 1 heterocycles. The van der Waals surface area contributed by atoms with Crippen LogP contribution >= 0.6 is 0 Å². The van der Waals surface area contributed by atoms with Crippen molar-refractivity contribution in [1.82, 2.24) is 5.32 Å². The van der Waals surface area contributed by atoms with Crippen molar-refractivity contribution in [2.45, 2.75) is 12.1 Å². The molecule has 1 aliphatic rings. The van der Waals surface area contributed by atoms with E-state index in [1.807, 2.05) is 24.3 Å². The monoisotopic (exact) mass is 217 g/mol. The Balaban J connectivity index is 2.12. The second-order valence-corrected chi connectivity index (χ2v) is 3.84. The van der Waals surface area contributed by atoms with Gasteiger partial charge in [-0.1, -0.05) is 12.1 Å². The summed E-state index contributed by atoms with van der Waals surface area (Å²) in [6.45, 7) is 1.71. The minimum atomic E-state index is 0.159. The molecule has 1 aromatic carbocycles. The van der Waals surface area contributed by atoms with Gasteiger partial charge in [0.25, 0.3) is 0 Å². The standard InChI is InChI=1S/C12H15N3O/c1-16-12-8-14-7-11(12)15-10-5-3-2-4-9(10)6-13/h2-5,11-12,14-15H,7-8H2,1H3. The average Bonchev–Trinajstić information content (AvgIpc) is 2.77. The molecule has 4 nitrogen and oxygen atoms in total. The first kappa shape index (κ1) is 10.9. The molecule has 16 heavy (non-hydrogen) atoms. The van der Waals surface area contributed by atoms with Crippen LogP contribution in [-0.4, -0.2) is 32.3 Å². The summed E-state index contributed by atoms with van der Waals surface area (Å²) in [5.41, 5.74) is 1.55. The number of hydrogen-bond acceptors (Lipinski definition) is 4. The van der Waals surface area contributed by atoms with E-state index in [-0.39, 0.29) is 12.1 Å². The van der Waals surface area contributed by atoms with E-state index in [0.29, 0.717) is 5.56 Å². The van der Waals surface area contributed by atoms with Crippen LogP contribution in [0.25, 0.3) is 0 Å². The van der Waals surface area contributed by atoms with Crippen LogP contribution in [-0.2, 0) is 4.74 Å². The summed E-state index contributed by atoms with van der Waals surface area (Å²) >= 11 is 0. The highest BCUT2D eigenvalue weighted by Crippen LogP contribution is 2.17. The number of ether oxygens (including phenoxy) is 1. The molecule has 1 aliphatic heterocycles. The summed E-state index contributed by atoms with van der Waals surface area (Å²) in [6.07, 6.45) is 0.159. The van der Waals surface area contributed by atoms with Crippen molar-refractivity contribution in [2.75, 3.05) is 25.5 Å². The Labute approximate surface area is 95.2 Å². The lowest BCUT2D eigenvalue weighted by molar-refractivity contribution is 0.111. The van der Waals surface area contributed by atoms with Crippen LogP contribution in [0.1, 0.15) is 5.56 Å². The quantitative estimate of drug-likeness (QED) is 0.791. The lowest BCUT2D eigenvalue weighted by Crippen LogP contribution is -2.33. The third-order valence-corrected chi connectivity index (χ3v) is 2.85. The molecular weight excluding hydrogens is 202 g/mol. The summed E-state index contributed by atoms with van der Waals surface area (Å²) < 4.78 is 5.36. The van der Waals surface area contributed by atoms with E-state index < -0.39 is 0 Å². The highest BCUT2D eigenvalue weighted by Gasteiger charge is 2.26. The van der Waals surface area contributed by atoms with Crippen LogP contribution < -0.4 is 10.6 Å². The number of para-hydroxylation sites is 1. The van der Waals surface area contributed by atoms with Gasteiger partial charge < -0.3 is 15.4 Å². The van der Waals surface area contributed by atoms with Gasteiger partial charge in [0.05, 0.1) is 23.4 Å². The minimum absolute atomic E-state index is 0.159. The van der Waals surface area contributed by atoms with Gasteiger partial charge in [-0.25, -0.2) is 0 Å². The van der Waals surface area contributed by atoms with E-state index in [4.69, 9.17) is 10.00 Å². The van der Waals surface area contributed by atoms with Crippen LogP contribution in [0.5, 0.6) is 0 Å². The Kier molecular flexibility index (Phi) is 3.40. The van der Waals surface area contributed by atoms with Gasteiger partial charge in [0.15, 0.2) is 0 Å². The van der Waals surface area contributed by atoms with Gasteiger partial charge >= 0.3 is 0 Å². The summed E-state index contributed by atoms with van der Waals surface area (Å²) in [5.74, 6) is 0. The molecular formula is C12H15N3O. The van der Waals surface area contributed by atoms with Gasteiger partial charge in [-0.05, 0) is 12.1 Å². The maximum absolute atomic E-state index is 8.98. The predicted molar refractivity (Wildman–Crippen MR) is 62.2 cm³/mol. The van der Waals surface area contributed by atoms with Crippen LogP contribution in [0.3, 0.4) is 0 Å². The summed E-state index contributed by atoms with van der Waals surface area (Å²) in [5, 5.41) is 15.6. The molecule has 0 saturated carbocycles. The molecule has 84 valence electrons. The number of methoxy groups -OCH3 is 1. The van der Waals surface area contributed by atoms with Crippen LogP contribution in [0.15, 0.2) is 24.3 Å². The molecule has 0 aliphatic carbocycles. The maximum atomic E-state index is 8.98. The van der Waals surface area contributed by atoms with Crippen molar-refractivity contribution >= 4 is 5.69 Å². The van der Waals surface area contributed by atoms with Gasteiger partial charge in [-0.15, -0.1) is 0 Å². The highest BCUT2D eigenvalue weighted by atomic mass is 16.5. The molecule has 1 fully saturated rings. The number of benzene rings is 1. The maximum Gasteiger partial charge on any atom is 0.101 e. The van der Waals surface area contributed by atoms with Crippen LogP contribution in [0, 0.1) is 11.3 Å². The van der Waals surface area contributed by atoms with Crippen molar-refractivity contribution in [3.05, 3.63) is 29.8 Å². The van der Waals surface area contributed by atoms with E-state index in [1.54, 1.807) is 7.11 Å². The number of nitrogens with one attached hydrogen (secondary N) is 2. The predicted octanol–water partition coefficient (Wildman–Crippen LogP) is 0.957. The van der Waals surface area contributed by atoms with E-state index in [0.717, 1.165) is 18.8 Å². The normalized spacial score (nSPS) is 24.0. The number of hydrogen-bond donors (Lipinski definition) is 2. The molecule has 1 aromatic rings. The first-order chi connectivity index (χ1) is 7.85. The summed E-state index contributed by atoms with van der Waals surface area (Å²) in [4.78, 5) is 0. The first-order valence-electron chi connectivity index (χ1n) is 5.34. The number of nitriles is 1. The molecule has 4 heteroatoms. The average molecular weight is 217 g/mol. The summed E-state index contributed by atoms with van der Waals surface area (Å²) in [6, 6.07) is 9.92. The molecule has 2 N–H and O–H groups in total. The first-order valence-corrected chi connectivity index (χ1v) is 5.34. The van der Waals surface area contributed by atoms with Gasteiger partial charge in [-0.2, -0.15) is 5.26 Å². The second-order valence-electron chi connectivity index (χ2n) is 3.84. The van der Waals surface area contributed by atoms with Gasteiger partial charge in [0.2, 0.25) is 0 Å². The fourth-order valence-electron chi connectivity index (χ4n) is 1.95. The fraction of sp³-hybridized carbons (Fsp3) is 0.417. The number of nitrogens with zero attached hydrogens (tertiary/aromatic N) is 1. The van der Waals surface area contributed by atoms with Gasteiger partial charge in [0, 0.05) is 20.2 Å². The Morgan fingerprint density at radius 1 is 1.44 bits per heavy atom. The molecule has 0 spiro atoms. The molecule has 2 unspecified atom stereocenters.